The van der Waals surface area contributed by atoms with Crippen molar-refractivity contribution in [1.82, 2.24) is 24.8 Å². The molecule has 0 radical (unpaired) electrons. The summed E-state index contributed by atoms with van der Waals surface area (Å²) in [5.74, 6) is 1.85. The molecule has 3 rings (SSSR count). The lowest BCUT2D eigenvalue weighted by Crippen LogP contribution is -2.23. The van der Waals surface area contributed by atoms with Crippen LogP contribution in [0.2, 0.25) is 0 Å². The number of rotatable bonds is 10. The molecule has 2 heterocycles. The molecule has 0 bridgehead atoms. The van der Waals surface area contributed by atoms with Crippen LogP contribution >= 0.6 is 0 Å². The van der Waals surface area contributed by atoms with Crippen molar-refractivity contribution in [2.75, 3.05) is 37.3 Å². The topological polar surface area (TPSA) is 122 Å². The van der Waals surface area contributed by atoms with Crippen molar-refractivity contribution in [1.29, 1.82) is 0 Å². The number of ketones is 1. The predicted molar refractivity (Wildman–Crippen MR) is 117 cm³/mol. The number of hydrogen-bond donors (Lipinski definition) is 3. The minimum absolute atomic E-state index is 0.141. The Hall–Kier alpha value is -3.43. The van der Waals surface area contributed by atoms with Gasteiger partial charge in [0.2, 0.25) is 5.95 Å². The Balaban J connectivity index is 1.73. The Labute approximate surface area is 175 Å². The Morgan fingerprint density at radius 2 is 2.03 bits per heavy atom. The lowest BCUT2D eigenvalue weighted by molar-refractivity contribution is -0.117. The van der Waals surface area contributed by atoms with E-state index in [0.29, 0.717) is 38.0 Å². The van der Waals surface area contributed by atoms with Gasteiger partial charge in [0.05, 0.1) is 6.54 Å². The first kappa shape index (κ1) is 21.3. The van der Waals surface area contributed by atoms with Crippen LogP contribution in [0, 0.1) is 0 Å². The standard InChI is InChI=1S/C21H26N8O/c1-15(30)12-29(2)13-16-4-3-5-18(10-16)27-21-26-14-25-20(28-21)17-6-8-23-19(11-17)24-9-7-22/h3-6,8,10-11,14H,7,9,12-13,22H2,1-2H3,(H,23,24)(H,25,26,27,28). The van der Waals surface area contributed by atoms with Crippen LogP contribution in [-0.4, -0.2) is 57.3 Å². The summed E-state index contributed by atoms with van der Waals surface area (Å²) in [4.78, 5) is 30.5. The van der Waals surface area contributed by atoms with Crippen molar-refractivity contribution in [3.63, 3.8) is 0 Å². The third-order valence-electron chi connectivity index (χ3n) is 4.17. The van der Waals surface area contributed by atoms with Gasteiger partial charge in [-0.25, -0.2) is 15.0 Å². The van der Waals surface area contributed by atoms with Crippen molar-refractivity contribution in [2.45, 2.75) is 13.5 Å². The van der Waals surface area contributed by atoms with Gasteiger partial charge in [0, 0.05) is 37.1 Å². The van der Waals surface area contributed by atoms with E-state index in [2.05, 4.69) is 30.6 Å². The normalized spacial score (nSPS) is 10.8. The Morgan fingerprint density at radius 1 is 1.17 bits per heavy atom. The van der Waals surface area contributed by atoms with Crippen LogP contribution in [0.5, 0.6) is 0 Å². The summed E-state index contributed by atoms with van der Waals surface area (Å²) in [6, 6.07) is 11.7. The molecule has 0 fully saturated rings. The summed E-state index contributed by atoms with van der Waals surface area (Å²) >= 11 is 0. The van der Waals surface area contributed by atoms with E-state index in [1.54, 1.807) is 13.1 Å². The number of likely N-dealkylation sites (N-methyl/N-ethyl adjacent to an activating group) is 1. The van der Waals surface area contributed by atoms with E-state index in [9.17, 15) is 4.79 Å². The fraction of sp³-hybridized carbons (Fsp3) is 0.286. The number of pyridine rings is 1. The first-order valence-electron chi connectivity index (χ1n) is 9.67. The molecule has 0 aliphatic rings. The van der Waals surface area contributed by atoms with Crippen LogP contribution in [-0.2, 0) is 11.3 Å². The quantitative estimate of drug-likeness (QED) is 0.464. The van der Waals surface area contributed by atoms with E-state index >= 15 is 0 Å². The maximum absolute atomic E-state index is 11.3. The highest BCUT2D eigenvalue weighted by atomic mass is 16.1. The van der Waals surface area contributed by atoms with E-state index in [-0.39, 0.29) is 5.78 Å². The predicted octanol–water partition coefficient (Wildman–Crippen LogP) is 2.07. The van der Waals surface area contributed by atoms with Gasteiger partial charge < -0.3 is 16.4 Å². The second kappa shape index (κ2) is 10.4. The van der Waals surface area contributed by atoms with Crippen molar-refractivity contribution in [2.24, 2.45) is 5.73 Å². The van der Waals surface area contributed by atoms with Crippen LogP contribution in [0.15, 0.2) is 48.9 Å². The Kier molecular flexibility index (Phi) is 7.36. The van der Waals surface area contributed by atoms with Gasteiger partial charge in [-0.15, -0.1) is 0 Å². The fourth-order valence-corrected chi connectivity index (χ4v) is 2.99. The molecule has 0 atom stereocenters. The van der Waals surface area contributed by atoms with Crippen molar-refractivity contribution < 1.29 is 4.79 Å². The molecule has 9 heteroatoms. The maximum Gasteiger partial charge on any atom is 0.230 e. The van der Waals surface area contributed by atoms with Crippen molar-refractivity contribution in [3.8, 4) is 11.4 Å². The van der Waals surface area contributed by atoms with Gasteiger partial charge in [0.15, 0.2) is 5.82 Å². The molecule has 9 nitrogen and oxygen atoms in total. The molecule has 1 aromatic carbocycles. The van der Waals surface area contributed by atoms with E-state index in [1.165, 1.54) is 6.33 Å². The summed E-state index contributed by atoms with van der Waals surface area (Å²) in [7, 11) is 1.92. The van der Waals surface area contributed by atoms with Crippen LogP contribution in [0.1, 0.15) is 12.5 Å². The first-order valence-corrected chi connectivity index (χ1v) is 9.67. The van der Waals surface area contributed by atoms with Gasteiger partial charge in [-0.1, -0.05) is 12.1 Å². The molecule has 2 aromatic heterocycles. The van der Waals surface area contributed by atoms with Crippen molar-refractivity contribution in [3.05, 3.63) is 54.5 Å². The lowest BCUT2D eigenvalue weighted by Gasteiger charge is -2.15. The van der Waals surface area contributed by atoms with Gasteiger partial charge in [0.25, 0.3) is 0 Å². The number of nitrogens with one attached hydrogen (secondary N) is 2. The highest BCUT2D eigenvalue weighted by Crippen LogP contribution is 2.20. The van der Waals surface area contributed by atoms with Gasteiger partial charge in [-0.2, -0.15) is 4.98 Å². The van der Waals surface area contributed by atoms with E-state index < -0.39 is 0 Å². The number of benzene rings is 1. The lowest BCUT2D eigenvalue weighted by atomic mass is 10.2. The van der Waals surface area contributed by atoms with E-state index in [1.807, 2.05) is 48.3 Å². The zero-order chi connectivity index (χ0) is 21.3. The number of Topliss-reactive ketones (excluding diaryl/α,β-unsaturated/α-hetero) is 1. The highest BCUT2D eigenvalue weighted by molar-refractivity contribution is 5.77. The number of aromatic nitrogens is 4. The average Bonchev–Trinajstić information content (AvgIpc) is 2.72. The Bertz CT molecular complexity index is 994. The van der Waals surface area contributed by atoms with Gasteiger partial charge in [0.1, 0.15) is 17.9 Å². The fourth-order valence-electron chi connectivity index (χ4n) is 2.99. The van der Waals surface area contributed by atoms with Crippen molar-refractivity contribution >= 4 is 23.2 Å². The molecule has 0 saturated heterocycles. The number of carbonyl (C=O) groups excluding carboxylic acids is 1. The number of nitrogens with two attached hydrogens (primary N) is 1. The van der Waals surface area contributed by atoms with Gasteiger partial charge in [-0.3, -0.25) is 9.69 Å². The molecule has 156 valence electrons. The molecular weight excluding hydrogens is 380 g/mol. The maximum atomic E-state index is 11.3. The molecule has 0 spiro atoms. The molecule has 4 N–H and O–H groups in total. The largest absolute Gasteiger partial charge is 0.369 e. The number of carbonyl (C=O) groups is 1. The second-order valence-electron chi connectivity index (χ2n) is 6.98. The first-order chi connectivity index (χ1) is 14.5. The summed E-state index contributed by atoms with van der Waals surface area (Å²) < 4.78 is 0. The van der Waals surface area contributed by atoms with E-state index in [0.717, 1.165) is 22.6 Å². The molecule has 30 heavy (non-hydrogen) atoms. The number of hydrogen-bond acceptors (Lipinski definition) is 9. The molecule has 0 aliphatic heterocycles. The third kappa shape index (κ3) is 6.29. The Morgan fingerprint density at radius 3 is 2.83 bits per heavy atom. The van der Waals surface area contributed by atoms with Crippen LogP contribution in [0.3, 0.4) is 0 Å². The molecule has 0 saturated carbocycles. The average molecular weight is 406 g/mol. The van der Waals surface area contributed by atoms with Gasteiger partial charge >= 0.3 is 0 Å². The van der Waals surface area contributed by atoms with Crippen LogP contribution in [0.4, 0.5) is 17.5 Å². The highest BCUT2D eigenvalue weighted by Gasteiger charge is 2.08. The van der Waals surface area contributed by atoms with Crippen LogP contribution < -0.4 is 16.4 Å². The molecule has 0 amide bonds. The van der Waals surface area contributed by atoms with Gasteiger partial charge in [-0.05, 0) is 43.8 Å². The van der Waals surface area contributed by atoms with E-state index in [4.69, 9.17) is 5.73 Å². The SMILES string of the molecule is CC(=O)CN(C)Cc1cccc(Nc2ncnc(-c3ccnc(NCCN)c3)n2)c1. The van der Waals surface area contributed by atoms with Crippen LogP contribution in [0.25, 0.3) is 11.4 Å². The minimum atomic E-state index is 0.141. The second-order valence-corrected chi connectivity index (χ2v) is 6.98. The summed E-state index contributed by atoms with van der Waals surface area (Å²) in [5, 5.41) is 6.37. The monoisotopic (exact) mass is 406 g/mol. The minimum Gasteiger partial charge on any atom is -0.369 e. The number of nitrogens with zero attached hydrogens (tertiary/aromatic N) is 5. The summed E-state index contributed by atoms with van der Waals surface area (Å²) in [5.41, 5.74) is 8.30. The molecule has 0 unspecified atom stereocenters. The smallest absolute Gasteiger partial charge is 0.230 e. The molecule has 0 aliphatic carbocycles. The molecular formula is C21H26N8O. The zero-order valence-electron chi connectivity index (χ0n) is 17.2. The summed E-state index contributed by atoms with van der Waals surface area (Å²) in [6.45, 7) is 3.84. The number of anilines is 3. The summed E-state index contributed by atoms with van der Waals surface area (Å²) in [6.07, 6.45) is 3.18. The zero-order valence-corrected chi connectivity index (χ0v) is 17.2. The third-order valence-corrected chi connectivity index (χ3v) is 4.17. The molecule has 3 aromatic rings.